The molecule has 4 rings (SSSR count). The van der Waals surface area contributed by atoms with Crippen molar-refractivity contribution in [2.75, 3.05) is 0 Å². The van der Waals surface area contributed by atoms with E-state index < -0.39 is 5.97 Å². The van der Waals surface area contributed by atoms with Crippen molar-refractivity contribution in [1.29, 1.82) is 5.41 Å². The van der Waals surface area contributed by atoms with E-state index in [9.17, 15) is 4.39 Å². The molecule has 2 N–H and O–H groups in total. The van der Waals surface area contributed by atoms with Gasteiger partial charge in [-0.15, -0.1) is 0 Å². The van der Waals surface area contributed by atoms with Gasteiger partial charge in [-0.1, -0.05) is 42.5 Å². The van der Waals surface area contributed by atoms with Gasteiger partial charge < -0.3 is 15.1 Å². The summed E-state index contributed by atoms with van der Waals surface area (Å²) < 4.78 is 15.3. The van der Waals surface area contributed by atoms with Crippen LogP contribution in [0.3, 0.4) is 0 Å². The molecule has 0 spiro atoms. The van der Waals surface area contributed by atoms with Crippen molar-refractivity contribution in [3.05, 3.63) is 102 Å². The van der Waals surface area contributed by atoms with Gasteiger partial charge in [0.15, 0.2) is 0 Å². The Morgan fingerprint density at radius 2 is 1.60 bits per heavy atom. The van der Waals surface area contributed by atoms with Crippen molar-refractivity contribution in [3.63, 3.8) is 0 Å². The van der Waals surface area contributed by atoms with Gasteiger partial charge in [0.1, 0.15) is 5.82 Å². The first-order valence-corrected chi connectivity index (χ1v) is 9.54. The number of hydrogen-bond acceptors (Lipinski definition) is 2. The van der Waals surface area contributed by atoms with Gasteiger partial charge in [0.2, 0.25) is 0 Å². The molecule has 1 heterocycles. The molecule has 152 valence electrons. The average molecular weight is 402 g/mol. The van der Waals surface area contributed by atoms with Crippen LogP contribution in [0.15, 0.2) is 79.0 Å². The molecular weight excluding hydrogens is 379 g/mol. The monoisotopic (exact) mass is 402 g/mol. The maximum Gasteiger partial charge on any atom is 0.300 e. The van der Waals surface area contributed by atoms with E-state index in [2.05, 4.69) is 19.1 Å². The minimum absolute atomic E-state index is 0.252. The third-order valence-electron chi connectivity index (χ3n) is 4.77. The zero-order valence-corrected chi connectivity index (χ0v) is 16.9. The molecule has 0 aliphatic rings. The summed E-state index contributed by atoms with van der Waals surface area (Å²) in [5.74, 6) is -1.09. The summed E-state index contributed by atoms with van der Waals surface area (Å²) in [5, 5.41) is 17.1. The highest BCUT2D eigenvalue weighted by atomic mass is 19.1. The molecular formula is C25H23FN2O2. The number of carbonyl (C=O) groups is 1. The van der Waals surface area contributed by atoms with E-state index in [-0.39, 0.29) is 5.82 Å². The number of para-hydroxylation sites is 1. The molecule has 0 radical (unpaired) electrons. The van der Waals surface area contributed by atoms with Crippen LogP contribution in [0, 0.1) is 18.2 Å². The first-order valence-electron chi connectivity index (χ1n) is 9.54. The lowest BCUT2D eigenvalue weighted by Crippen LogP contribution is -2.04. The molecule has 0 unspecified atom stereocenters. The number of carboxylic acid groups (broad SMARTS) is 1. The molecule has 0 atom stereocenters. The van der Waals surface area contributed by atoms with Gasteiger partial charge >= 0.3 is 0 Å². The number of aliphatic carboxylic acids is 1. The number of aromatic nitrogens is 1. The van der Waals surface area contributed by atoms with Crippen LogP contribution in [0.2, 0.25) is 0 Å². The molecule has 30 heavy (non-hydrogen) atoms. The van der Waals surface area contributed by atoms with Crippen LogP contribution in [0.5, 0.6) is 0 Å². The first-order chi connectivity index (χ1) is 14.4. The van der Waals surface area contributed by atoms with Gasteiger partial charge in [0, 0.05) is 41.9 Å². The molecule has 0 saturated carbocycles. The van der Waals surface area contributed by atoms with Crippen molar-refractivity contribution >= 4 is 22.6 Å². The summed E-state index contributed by atoms with van der Waals surface area (Å²) >= 11 is 0. The SMILES string of the molecule is CC(=O)O.Cc1ccccc1CC(=N)c1cn(-c2ccc(F)cc2)c2ccccc12. The Labute approximate surface area is 174 Å². The van der Waals surface area contributed by atoms with Gasteiger partial charge in [-0.2, -0.15) is 0 Å². The van der Waals surface area contributed by atoms with Gasteiger partial charge in [-0.25, -0.2) is 4.39 Å². The van der Waals surface area contributed by atoms with Crippen LogP contribution in [-0.4, -0.2) is 21.4 Å². The molecule has 5 heteroatoms. The Morgan fingerprint density at radius 1 is 1.00 bits per heavy atom. The Kier molecular flexibility index (Phi) is 6.42. The highest BCUT2D eigenvalue weighted by molar-refractivity contribution is 6.10. The molecule has 0 aliphatic carbocycles. The van der Waals surface area contributed by atoms with Gasteiger partial charge in [-0.05, 0) is 48.4 Å². The smallest absolute Gasteiger partial charge is 0.300 e. The van der Waals surface area contributed by atoms with Crippen LogP contribution in [-0.2, 0) is 11.2 Å². The number of hydrogen-bond donors (Lipinski definition) is 2. The number of benzene rings is 3. The van der Waals surface area contributed by atoms with Gasteiger partial charge in [-0.3, -0.25) is 4.79 Å². The number of aryl methyl sites for hydroxylation is 1. The Bertz CT molecular complexity index is 1190. The fourth-order valence-electron chi connectivity index (χ4n) is 3.33. The van der Waals surface area contributed by atoms with E-state index in [4.69, 9.17) is 15.3 Å². The van der Waals surface area contributed by atoms with Crippen molar-refractivity contribution < 1.29 is 14.3 Å². The summed E-state index contributed by atoms with van der Waals surface area (Å²) in [7, 11) is 0. The second-order valence-electron chi connectivity index (χ2n) is 7.01. The Balaban J connectivity index is 0.000000589. The summed E-state index contributed by atoms with van der Waals surface area (Å²) in [4.78, 5) is 9.00. The van der Waals surface area contributed by atoms with E-state index in [1.54, 1.807) is 12.1 Å². The lowest BCUT2D eigenvalue weighted by atomic mass is 9.99. The van der Waals surface area contributed by atoms with E-state index in [1.165, 1.54) is 17.7 Å². The third kappa shape index (κ3) is 4.81. The van der Waals surface area contributed by atoms with E-state index in [0.29, 0.717) is 12.1 Å². The van der Waals surface area contributed by atoms with Crippen LogP contribution >= 0.6 is 0 Å². The second-order valence-corrected chi connectivity index (χ2v) is 7.01. The van der Waals surface area contributed by atoms with Crippen molar-refractivity contribution in [3.8, 4) is 5.69 Å². The third-order valence-corrected chi connectivity index (χ3v) is 4.77. The topological polar surface area (TPSA) is 66.1 Å². The highest BCUT2D eigenvalue weighted by Crippen LogP contribution is 2.26. The maximum absolute atomic E-state index is 13.3. The Hall–Kier alpha value is -3.73. The minimum Gasteiger partial charge on any atom is -0.481 e. The minimum atomic E-state index is -0.833. The number of nitrogens with one attached hydrogen (secondary N) is 1. The van der Waals surface area contributed by atoms with Crippen molar-refractivity contribution in [2.45, 2.75) is 20.3 Å². The lowest BCUT2D eigenvalue weighted by Gasteiger charge is -2.06. The predicted molar refractivity (Wildman–Crippen MR) is 118 cm³/mol. The first kappa shape index (κ1) is 21.0. The summed E-state index contributed by atoms with van der Waals surface area (Å²) in [6, 6.07) is 22.7. The average Bonchev–Trinajstić information content (AvgIpc) is 3.10. The van der Waals surface area contributed by atoms with E-state index in [0.717, 1.165) is 34.6 Å². The molecule has 0 fully saturated rings. The summed E-state index contributed by atoms with van der Waals surface area (Å²) in [5.41, 5.74) is 5.75. The van der Waals surface area contributed by atoms with Gasteiger partial charge in [0.05, 0.1) is 5.52 Å². The standard InChI is InChI=1S/C23H19FN2.C2H4O2/c1-16-6-2-3-7-17(16)14-22(25)21-15-26(19-12-10-18(24)11-13-19)23-9-5-4-8-20(21)23;1-2(3)4/h2-13,15,25H,14H2,1H3;1H3,(H,3,4). The van der Waals surface area contributed by atoms with Crippen LogP contribution in [0.25, 0.3) is 16.6 Å². The molecule has 4 nitrogen and oxygen atoms in total. The molecule has 3 aromatic carbocycles. The van der Waals surface area contributed by atoms with E-state index >= 15 is 0 Å². The quantitative estimate of drug-likeness (QED) is 0.425. The van der Waals surface area contributed by atoms with Gasteiger partial charge in [0.25, 0.3) is 5.97 Å². The fraction of sp³-hybridized carbons (Fsp3) is 0.120. The normalized spacial score (nSPS) is 10.4. The molecule has 0 saturated heterocycles. The molecule has 0 aliphatic heterocycles. The van der Waals surface area contributed by atoms with Crippen LogP contribution in [0.4, 0.5) is 4.39 Å². The van der Waals surface area contributed by atoms with E-state index in [1.807, 2.05) is 47.2 Å². The highest BCUT2D eigenvalue weighted by Gasteiger charge is 2.14. The lowest BCUT2D eigenvalue weighted by molar-refractivity contribution is -0.134. The number of rotatable bonds is 4. The number of fused-ring (bicyclic) bond motifs is 1. The largest absolute Gasteiger partial charge is 0.481 e. The number of carboxylic acids is 1. The summed E-state index contributed by atoms with van der Waals surface area (Å²) in [6.07, 6.45) is 2.57. The van der Waals surface area contributed by atoms with Crippen LogP contribution < -0.4 is 0 Å². The molecule has 4 aromatic rings. The number of halogens is 1. The van der Waals surface area contributed by atoms with Crippen molar-refractivity contribution in [1.82, 2.24) is 4.57 Å². The van der Waals surface area contributed by atoms with Crippen molar-refractivity contribution in [2.24, 2.45) is 0 Å². The zero-order valence-electron chi connectivity index (χ0n) is 16.9. The second kappa shape index (κ2) is 9.18. The Morgan fingerprint density at radius 3 is 2.27 bits per heavy atom. The molecule has 0 amide bonds. The summed E-state index contributed by atoms with van der Waals surface area (Å²) in [6.45, 7) is 3.16. The number of nitrogens with zero attached hydrogens (tertiary/aromatic N) is 1. The maximum atomic E-state index is 13.3. The molecule has 0 bridgehead atoms. The molecule has 1 aromatic heterocycles. The zero-order chi connectivity index (χ0) is 21.7. The fourth-order valence-corrected chi connectivity index (χ4v) is 3.33. The predicted octanol–water partition coefficient (Wildman–Crippen LogP) is 5.78. The van der Waals surface area contributed by atoms with Crippen LogP contribution in [0.1, 0.15) is 23.6 Å².